The van der Waals surface area contributed by atoms with Gasteiger partial charge in [0.2, 0.25) is 0 Å². The monoisotopic (exact) mass is 220 g/mol. The Kier molecular flexibility index (Phi) is 2.82. The molecular formula is C12H20N4. The van der Waals surface area contributed by atoms with Crippen molar-refractivity contribution in [2.75, 3.05) is 31.1 Å². The SMILES string of the molecule is c1nn(C2CCNCC2)cc1N1CCCC1. The molecule has 0 saturated carbocycles. The Bertz CT molecular complexity index is 335. The van der Waals surface area contributed by atoms with E-state index < -0.39 is 0 Å². The second-order valence-corrected chi connectivity index (χ2v) is 4.85. The second-order valence-electron chi connectivity index (χ2n) is 4.85. The molecule has 0 bridgehead atoms. The third-order valence-electron chi connectivity index (χ3n) is 3.74. The van der Waals surface area contributed by atoms with Crippen LogP contribution in [0.2, 0.25) is 0 Å². The van der Waals surface area contributed by atoms with Gasteiger partial charge in [0.1, 0.15) is 0 Å². The fraction of sp³-hybridized carbons (Fsp3) is 0.750. The fourth-order valence-electron chi connectivity index (χ4n) is 2.74. The Labute approximate surface area is 96.6 Å². The molecule has 2 aliphatic rings. The Morgan fingerprint density at radius 3 is 2.69 bits per heavy atom. The van der Waals surface area contributed by atoms with Gasteiger partial charge in [-0.1, -0.05) is 0 Å². The molecule has 1 aromatic heterocycles. The summed E-state index contributed by atoms with van der Waals surface area (Å²) in [5.74, 6) is 0. The van der Waals surface area contributed by atoms with E-state index >= 15 is 0 Å². The van der Waals surface area contributed by atoms with Gasteiger partial charge in [-0.25, -0.2) is 0 Å². The lowest BCUT2D eigenvalue weighted by atomic mass is 10.1. The maximum Gasteiger partial charge on any atom is 0.0752 e. The predicted molar refractivity (Wildman–Crippen MR) is 64.8 cm³/mol. The molecule has 0 spiro atoms. The lowest BCUT2D eigenvalue weighted by Gasteiger charge is -2.23. The van der Waals surface area contributed by atoms with E-state index in [-0.39, 0.29) is 0 Å². The van der Waals surface area contributed by atoms with E-state index in [0.29, 0.717) is 6.04 Å². The van der Waals surface area contributed by atoms with Crippen molar-refractivity contribution in [3.05, 3.63) is 12.4 Å². The van der Waals surface area contributed by atoms with Crippen LogP contribution in [0.1, 0.15) is 31.7 Å². The van der Waals surface area contributed by atoms with Crippen LogP contribution in [0.4, 0.5) is 5.69 Å². The van der Waals surface area contributed by atoms with Crippen LogP contribution in [-0.4, -0.2) is 36.0 Å². The molecule has 3 heterocycles. The molecule has 1 aromatic rings. The first-order chi connectivity index (χ1) is 7.93. The Hall–Kier alpha value is -1.03. The third-order valence-corrected chi connectivity index (χ3v) is 3.74. The summed E-state index contributed by atoms with van der Waals surface area (Å²) in [5, 5.41) is 7.93. The number of piperidine rings is 1. The molecular weight excluding hydrogens is 200 g/mol. The highest BCUT2D eigenvalue weighted by Crippen LogP contribution is 2.23. The predicted octanol–water partition coefficient (Wildman–Crippen LogP) is 1.41. The second kappa shape index (κ2) is 4.45. The summed E-state index contributed by atoms with van der Waals surface area (Å²) < 4.78 is 2.18. The van der Waals surface area contributed by atoms with Gasteiger partial charge in [-0.05, 0) is 38.8 Å². The van der Waals surface area contributed by atoms with Crippen molar-refractivity contribution in [2.45, 2.75) is 31.7 Å². The van der Waals surface area contributed by atoms with Crippen LogP contribution in [0.25, 0.3) is 0 Å². The van der Waals surface area contributed by atoms with Crippen LogP contribution in [0.15, 0.2) is 12.4 Å². The van der Waals surface area contributed by atoms with Gasteiger partial charge in [-0.2, -0.15) is 5.10 Å². The highest BCUT2D eigenvalue weighted by Gasteiger charge is 2.18. The Balaban J connectivity index is 1.71. The molecule has 0 aliphatic carbocycles. The first kappa shape index (κ1) is 10.1. The van der Waals surface area contributed by atoms with E-state index in [1.807, 2.05) is 6.20 Å². The maximum atomic E-state index is 4.53. The number of nitrogens with one attached hydrogen (secondary N) is 1. The van der Waals surface area contributed by atoms with Crippen molar-refractivity contribution in [1.82, 2.24) is 15.1 Å². The highest BCUT2D eigenvalue weighted by molar-refractivity contribution is 5.43. The quantitative estimate of drug-likeness (QED) is 0.818. The summed E-state index contributed by atoms with van der Waals surface area (Å²) in [6, 6.07) is 0.609. The lowest BCUT2D eigenvalue weighted by Crippen LogP contribution is -2.29. The topological polar surface area (TPSA) is 33.1 Å². The van der Waals surface area contributed by atoms with Crippen molar-refractivity contribution < 1.29 is 0 Å². The standard InChI is InChI=1S/C12H20N4/c1-2-8-15(7-1)12-9-14-16(10-12)11-3-5-13-6-4-11/h9-11,13H,1-8H2. The van der Waals surface area contributed by atoms with Crippen molar-refractivity contribution >= 4 is 5.69 Å². The molecule has 1 N–H and O–H groups in total. The molecule has 0 amide bonds. The van der Waals surface area contributed by atoms with Gasteiger partial charge in [0.15, 0.2) is 0 Å². The van der Waals surface area contributed by atoms with Crippen LogP contribution in [0, 0.1) is 0 Å². The molecule has 2 saturated heterocycles. The van der Waals surface area contributed by atoms with E-state index in [1.54, 1.807) is 0 Å². The molecule has 16 heavy (non-hydrogen) atoms. The van der Waals surface area contributed by atoms with Gasteiger partial charge in [-0.3, -0.25) is 4.68 Å². The minimum Gasteiger partial charge on any atom is -0.369 e. The molecule has 4 heteroatoms. The van der Waals surface area contributed by atoms with Crippen LogP contribution in [-0.2, 0) is 0 Å². The highest BCUT2D eigenvalue weighted by atomic mass is 15.3. The third kappa shape index (κ3) is 1.94. The number of nitrogens with zero attached hydrogens (tertiary/aromatic N) is 3. The van der Waals surface area contributed by atoms with Gasteiger partial charge in [0, 0.05) is 19.3 Å². The molecule has 4 nitrogen and oxygen atoms in total. The normalized spacial score (nSPS) is 22.9. The number of hydrogen-bond donors (Lipinski definition) is 1. The zero-order chi connectivity index (χ0) is 10.8. The molecule has 88 valence electrons. The molecule has 0 unspecified atom stereocenters. The van der Waals surface area contributed by atoms with Crippen LogP contribution in [0.5, 0.6) is 0 Å². The van der Waals surface area contributed by atoms with Gasteiger partial charge in [0.25, 0.3) is 0 Å². The molecule has 2 fully saturated rings. The summed E-state index contributed by atoms with van der Waals surface area (Å²) in [6.45, 7) is 4.67. The smallest absolute Gasteiger partial charge is 0.0752 e. The van der Waals surface area contributed by atoms with Gasteiger partial charge in [0.05, 0.1) is 17.9 Å². The summed E-state index contributed by atoms with van der Waals surface area (Å²) in [6.07, 6.45) is 9.36. The Morgan fingerprint density at radius 2 is 1.94 bits per heavy atom. The summed E-state index contributed by atoms with van der Waals surface area (Å²) in [7, 11) is 0. The lowest BCUT2D eigenvalue weighted by molar-refractivity contribution is 0.343. The maximum absolute atomic E-state index is 4.53. The Morgan fingerprint density at radius 1 is 1.19 bits per heavy atom. The zero-order valence-corrected chi connectivity index (χ0v) is 9.73. The number of anilines is 1. The minimum atomic E-state index is 0.609. The van der Waals surface area contributed by atoms with E-state index in [9.17, 15) is 0 Å². The van der Waals surface area contributed by atoms with E-state index in [0.717, 1.165) is 13.1 Å². The molecule has 0 atom stereocenters. The van der Waals surface area contributed by atoms with Crippen molar-refractivity contribution in [3.8, 4) is 0 Å². The average Bonchev–Trinajstić information content (AvgIpc) is 3.01. The number of rotatable bonds is 2. The average molecular weight is 220 g/mol. The fourth-order valence-corrected chi connectivity index (χ4v) is 2.74. The van der Waals surface area contributed by atoms with E-state index in [4.69, 9.17) is 0 Å². The number of aromatic nitrogens is 2. The van der Waals surface area contributed by atoms with Gasteiger partial charge in [-0.15, -0.1) is 0 Å². The van der Waals surface area contributed by atoms with Crippen molar-refractivity contribution in [3.63, 3.8) is 0 Å². The molecule has 3 rings (SSSR count). The zero-order valence-electron chi connectivity index (χ0n) is 9.73. The molecule has 0 aromatic carbocycles. The van der Waals surface area contributed by atoms with E-state index in [1.165, 1.54) is 44.5 Å². The van der Waals surface area contributed by atoms with Crippen LogP contribution < -0.4 is 10.2 Å². The molecule has 0 radical (unpaired) electrons. The number of hydrogen-bond acceptors (Lipinski definition) is 3. The van der Waals surface area contributed by atoms with Crippen molar-refractivity contribution in [1.29, 1.82) is 0 Å². The first-order valence-corrected chi connectivity index (χ1v) is 6.43. The summed E-state index contributed by atoms with van der Waals surface area (Å²) >= 11 is 0. The van der Waals surface area contributed by atoms with E-state index in [2.05, 4.69) is 26.2 Å². The largest absolute Gasteiger partial charge is 0.369 e. The van der Waals surface area contributed by atoms with Crippen LogP contribution >= 0.6 is 0 Å². The summed E-state index contributed by atoms with van der Waals surface area (Å²) in [4.78, 5) is 2.45. The molecule has 2 aliphatic heterocycles. The van der Waals surface area contributed by atoms with Gasteiger partial charge >= 0.3 is 0 Å². The van der Waals surface area contributed by atoms with Crippen LogP contribution in [0.3, 0.4) is 0 Å². The minimum absolute atomic E-state index is 0.609. The summed E-state index contributed by atoms with van der Waals surface area (Å²) in [5.41, 5.74) is 1.32. The van der Waals surface area contributed by atoms with Gasteiger partial charge < -0.3 is 10.2 Å². The van der Waals surface area contributed by atoms with Crippen molar-refractivity contribution in [2.24, 2.45) is 0 Å². The first-order valence-electron chi connectivity index (χ1n) is 6.43.